The van der Waals surface area contributed by atoms with E-state index in [-0.39, 0.29) is 0 Å². The third kappa shape index (κ3) is 3.93. The minimum absolute atomic E-state index is 0.520. The van der Waals surface area contributed by atoms with E-state index in [0.717, 1.165) is 11.1 Å². The first-order chi connectivity index (χ1) is 13.3. The highest BCUT2D eigenvalue weighted by molar-refractivity contribution is 6.68. The summed E-state index contributed by atoms with van der Waals surface area (Å²) in [6, 6.07) is 9.00. The topological polar surface area (TPSA) is 46.2 Å². The second-order valence-electron chi connectivity index (χ2n) is 5.95. The Labute approximate surface area is 178 Å². The molecular weight excluding hydrogens is 427 g/mol. The number of ether oxygens (including phenoxy) is 5. The van der Waals surface area contributed by atoms with Crippen LogP contribution in [0.4, 0.5) is 0 Å². The van der Waals surface area contributed by atoms with Gasteiger partial charge in [0, 0.05) is 11.1 Å². The van der Waals surface area contributed by atoms with Crippen molar-refractivity contribution >= 4 is 46.6 Å². The predicted octanol–water partition coefficient (Wildman–Crippen LogP) is 5.66. The Morgan fingerprint density at radius 3 is 1.93 bits per heavy atom. The van der Waals surface area contributed by atoms with Crippen LogP contribution in [0.1, 0.15) is 22.8 Å². The van der Waals surface area contributed by atoms with Gasteiger partial charge in [0.25, 0.3) is 0 Å². The van der Waals surface area contributed by atoms with E-state index in [1.165, 1.54) is 0 Å². The Morgan fingerprint density at radius 2 is 1.36 bits per heavy atom. The quantitative estimate of drug-likeness (QED) is 0.556. The van der Waals surface area contributed by atoms with Crippen molar-refractivity contribution in [3.63, 3.8) is 0 Å². The van der Waals surface area contributed by atoms with Crippen molar-refractivity contribution in [2.24, 2.45) is 0 Å². The zero-order valence-electron chi connectivity index (χ0n) is 15.7. The number of benzene rings is 2. The molecule has 1 aliphatic rings. The number of alkyl halides is 3. The standard InChI is InChI=1S/C20H19Cl3O5/c1-24-14-6-5-11(7-16(14)25-2)15-8-12-9-17(26-3)18(27-4)10-13(12)19(28-15)20(21,22)23/h5-10,19H,1-4H3/t19-/m0/s1. The van der Waals surface area contributed by atoms with E-state index in [1.54, 1.807) is 46.6 Å². The lowest BCUT2D eigenvalue weighted by Gasteiger charge is -2.32. The maximum absolute atomic E-state index is 6.23. The minimum atomic E-state index is -1.70. The van der Waals surface area contributed by atoms with E-state index < -0.39 is 9.90 Å². The average Bonchev–Trinajstić information content (AvgIpc) is 2.70. The van der Waals surface area contributed by atoms with Crippen LogP contribution in [-0.4, -0.2) is 32.2 Å². The number of halogens is 3. The molecule has 1 aliphatic heterocycles. The molecule has 150 valence electrons. The molecule has 0 spiro atoms. The molecule has 0 amide bonds. The number of fused-ring (bicyclic) bond motifs is 1. The summed E-state index contributed by atoms with van der Waals surface area (Å²) in [6.07, 6.45) is 1.01. The molecule has 28 heavy (non-hydrogen) atoms. The first kappa shape index (κ1) is 20.8. The van der Waals surface area contributed by atoms with Gasteiger partial charge in [0.05, 0.1) is 28.4 Å². The zero-order valence-corrected chi connectivity index (χ0v) is 18.0. The van der Waals surface area contributed by atoms with Crippen LogP contribution < -0.4 is 18.9 Å². The number of rotatable bonds is 5. The molecule has 0 saturated heterocycles. The van der Waals surface area contributed by atoms with Gasteiger partial charge in [0.1, 0.15) is 5.76 Å². The highest BCUT2D eigenvalue weighted by atomic mass is 35.6. The number of hydrogen-bond acceptors (Lipinski definition) is 5. The third-order valence-electron chi connectivity index (χ3n) is 4.37. The Morgan fingerprint density at radius 1 is 0.786 bits per heavy atom. The Bertz CT molecular complexity index is 905. The summed E-state index contributed by atoms with van der Waals surface area (Å²) >= 11 is 18.7. The van der Waals surface area contributed by atoms with Gasteiger partial charge in [0.15, 0.2) is 29.1 Å². The van der Waals surface area contributed by atoms with Crippen LogP contribution in [0.25, 0.3) is 11.8 Å². The lowest BCUT2D eigenvalue weighted by Crippen LogP contribution is -2.23. The Kier molecular flexibility index (Phi) is 6.08. The lowest BCUT2D eigenvalue weighted by molar-refractivity contribution is 0.170. The second-order valence-corrected chi connectivity index (χ2v) is 8.32. The molecule has 0 aliphatic carbocycles. The van der Waals surface area contributed by atoms with Gasteiger partial charge in [0.2, 0.25) is 3.79 Å². The van der Waals surface area contributed by atoms with Crippen molar-refractivity contribution in [2.75, 3.05) is 28.4 Å². The van der Waals surface area contributed by atoms with Gasteiger partial charge >= 0.3 is 0 Å². The molecule has 2 aromatic carbocycles. The summed E-state index contributed by atoms with van der Waals surface area (Å²) in [7, 11) is 6.25. The molecule has 2 aromatic rings. The fourth-order valence-corrected chi connectivity index (χ4v) is 3.50. The molecule has 0 aromatic heterocycles. The molecule has 1 heterocycles. The normalized spacial score (nSPS) is 15.8. The van der Waals surface area contributed by atoms with Crippen molar-refractivity contribution in [3.8, 4) is 23.0 Å². The van der Waals surface area contributed by atoms with Gasteiger partial charge in [-0.05, 0) is 42.0 Å². The van der Waals surface area contributed by atoms with Gasteiger partial charge in [-0.2, -0.15) is 0 Å². The van der Waals surface area contributed by atoms with Crippen molar-refractivity contribution in [3.05, 3.63) is 47.0 Å². The molecule has 0 saturated carbocycles. The summed E-state index contributed by atoms with van der Waals surface area (Å²) in [5, 5.41) is 0. The molecule has 1 atom stereocenters. The van der Waals surface area contributed by atoms with E-state index in [1.807, 2.05) is 18.2 Å². The average molecular weight is 446 g/mol. The highest BCUT2D eigenvalue weighted by Crippen LogP contribution is 2.50. The molecule has 0 radical (unpaired) electrons. The summed E-state index contributed by atoms with van der Waals surface area (Å²) in [5.74, 6) is 2.78. The van der Waals surface area contributed by atoms with Crippen molar-refractivity contribution in [2.45, 2.75) is 9.90 Å². The molecule has 0 unspecified atom stereocenters. The maximum atomic E-state index is 6.23. The summed E-state index contributed by atoms with van der Waals surface area (Å²) in [4.78, 5) is 0. The van der Waals surface area contributed by atoms with Crippen LogP contribution in [-0.2, 0) is 4.74 Å². The summed E-state index contributed by atoms with van der Waals surface area (Å²) in [6.45, 7) is 0. The van der Waals surface area contributed by atoms with Crippen LogP contribution in [0.2, 0.25) is 0 Å². The molecule has 0 bridgehead atoms. The molecule has 8 heteroatoms. The van der Waals surface area contributed by atoms with Gasteiger partial charge in [-0.3, -0.25) is 0 Å². The first-order valence-corrected chi connectivity index (χ1v) is 9.39. The second kappa shape index (κ2) is 8.19. The van der Waals surface area contributed by atoms with E-state index in [2.05, 4.69) is 0 Å². The van der Waals surface area contributed by atoms with Crippen molar-refractivity contribution < 1.29 is 23.7 Å². The third-order valence-corrected chi connectivity index (χ3v) is 4.96. The summed E-state index contributed by atoms with van der Waals surface area (Å²) in [5.41, 5.74) is 2.23. The van der Waals surface area contributed by atoms with Gasteiger partial charge in [-0.1, -0.05) is 34.8 Å². The van der Waals surface area contributed by atoms with Crippen LogP contribution in [0.5, 0.6) is 23.0 Å². The Balaban J connectivity index is 2.16. The zero-order chi connectivity index (χ0) is 20.5. The van der Waals surface area contributed by atoms with Gasteiger partial charge in [-0.15, -0.1) is 0 Å². The number of hydrogen-bond donors (Lipinski definition) is 0. The smallest absolute Gasteiger partial charge is 0.231 e. The summed E-state index contributed by atoms with van der Waals surface area (Å²) < 4.78 is 25.8. The monoisotopic (exact) mass is 444 g/mol. The Hall–Kier alpha value is -1.95. The number of methoxy groups -OCH3 is 4. The van der Waals surface area contributed by atoms with Crippen LogP contribution >= 0.6 is 34.8 Å². The van der Waals surface area contributed by atoms with E-state index in [4.69, 9.17) is 58.5 Å². The van der Waals surface area contributed by atoms with Crippen LogP contribution in [0.3, 0.4) is 0 Å². The molecule has 0 N–H and O–H groups in total. The van der Waals surface area contributed by atoms with E-state index in [0.29, 0.717) is 34.3 Å². The van der Waals surface area contributed by atoms with E-state index >= 15 is 0 Å². The van der Waals surface area contributed by atoms with E-state index in [9.17, 15) is 0 Å². The molecule has 5 nitrogen and oxygen atoms in total. The largest absolute Gasteiger partial charge is 0.493 e. The van der Waals surface area contributed by atoms with Gasteiger partial charge in [-0.25, -0.2) is 0 Å². The minimum Gasteiger partial charge on any atom is -0.493 e. The van der Waals surface area contributed by atoms with Crippen LogP contribution in [0.15, 0.2) is 30.3 Å². The predicted molar refractivity (Wildman–Crippen MR) is 111 cm³/mol. The van der Waals surface area contributed by atoms with Crippen molar-refractivity contribution in [1.82, 2.24) is 0 Å². The molecule has 3 rings (SSSR count). The van der Waals surface area contributed by atoms with Gasteiger partial charge < -0.3 is 23.7 Å². The van der Waals surface area contributed by atoms with Crippen LogP contribution in [0, 0.1) is 0 Å². The first-order valence-electron chi connectivity index (χ1n) is 8.25. The maximum Gasteiger partial charge on any atom is 0.231 e. The molecule has 0 fully saturated rings. The van der Waals surface area contributed by atoms with Crippen molar-refractivity contribution in [1.29, 1.82) is 0 Å². The SMILES string of the molecule is COc1ccc(C2=Cc3cc(OC)c(OC)cc3[C@@H](C(Cl)(Cl)Cl)O2)cc1OC. The lowest BCUT2D eigenvalue weighted by atomic mass is 9.97. The molecular formula is C20H19Cl3O5. The fraction of sp³-hybridized carbons (Fsp3) is 0.300. The highest BCUT2D eigenvalue weighted by Gasteiger charge is 2.40. The fourth-order valence-electron chi connectivity index (χ4n) is 3.01.